The average Bonchev–Trinajstić information content (AvgIpc) is 3.11. The van der Waals surface area contributed by atoms with E-state index in [1.54, 1.807) is 53.4 Å². The van der Waals surface area contributed by atoms with Crippen molar-refractivity contribution in [1.29, 1.82) is 0 Å². The molecule has 4 rings (SSSR count). The monoisotopic (exact) mass is 384 g/mol. The second-order valence-corrected chi connectivity index (χ2v) is 6.67. The van der Waals surface area contributed by atoms with Crippen LogP contribution >= 0.6 is 11.6 Å². The van der Waals surface area contributed by atoms with Gasteiger partial charge in [0, 0.05) is 34.7 Å². The van der Waals surface area contributed by atoms with Crippen LogP contribution in [0.25, 0.3) is 11.0 Å². The summed E-state index contributed by atoms with van der Waals surface area (Å²) in [4.78, 5) is 26.8. The maximum atomic E-state index is 12.6. The second kappa shape index (κ2) is 7.42. The molecule has 0 radical (unpaired) electrons. The summed E-state index contributed by atoms with van der Waals surface area (Å²) in [5.41, 5.74) is 1.63. The Labute approximate surface area is 160 Å². The lowest BCUT2D eigenvalue weighted by molar-refractivity contribution is 0.0303. The van der Waals surface area contributed by atoms with Gasteiger partial charge in [-0.3, -0.25) is 9.59 Å². The molecule has 0 saturated carbocycles. The van der Waals surface area contributed by atoms with Crippen LogP contribution in [0, 0.1) is 0 Å². The van der Waals surface area contributed by atoms with Gasteiger partial charge in [-0.1, -0.05) is 17.7 Å². The van der Waals surface area contributed by atoms with Gasteiger partial charge in [-0.2, -0.15) is 0 Å². The van der Waals surface area contributed by atoms with E-state index in [4.69, 9.17) is 20.8 Å². The molecule has 27 heavy (non-hydrogen) atoms. The van der Waals surface area contributed by atoms with Gasteiger partial charge < -0.3 is 19.4 Å². The number of furan rings is 1. The summed E-state index contributed by atoms with van der Waals surface area (Å²) < 4.78 is 10.8. The predicted molar refractivity (Wildman–Crippen MR) is 102 cm³/mol. The third-order valence-corrected chi connectivity index (χ3v) is 4.60. The number of carbonyl (C=O) groups excluding carboxylic acids is 2. The minimum atomic E-state index is -0.390. The number of nitrogens with zero attached hydrogens (tertiary/aromatic N) is 1. The molecule has 6 nitrogen and oxygen atoms in total. The van der Waals surface area contributed by atoms with Crippen LogP contribution in [0.3, 0.4) is 0 Å². The Morgan fingerprint density at radius 1 is 1.04 bits per heavy atom. The molecule has 0 unspecified atom stereocenters. The minimum Gasteiger partial charge on any atom is -0.451 e. The number of halogens is 1. The number of morpholine rings is 1. The lowest BCUT2D eigenvalue weighted by Gasteiger charge is -2.27. The molecule has 138 valence electrons. The predicted octanol–water partition coefficient (Wildman–Crippen LogP) is 3.81. The number of carbonyl (C=O) groups is 2. The second-order valence-electron chi connectivity index (χ2n) is 6.23. The zero-order valence-electron chi connectivity index (χ0n) is 14.4. The van der Waals surface area contributed by atoms with Crippen LogP contribution in [0.5, 0.6) is 0 Å². The molecule has 3 aromatic rings. The Kier molecular flexibility index (Phi) is 4.83. The molecule has 0 atom stereocenters. The number of hydrogen-bond acceptors (Lipinski definition) is 4. The van der Waals surface area contributed by atoms with E-state index in [1.807, 2.05) is 0 Å². The zero-order chi connectivity index (χ0) is 18.8. The Hall–Kier alpha value is -2.83. The third kappa shape index (κ3) is 3.82. The third-order valence-electron chi connectivity index (χ3n) is 4.37. The maximum absolute atomic E-state index is 12.6. The maximum Gasteiger partial charge on any atom is 0.291 e. The van der Waals surface area contributed by atoms with Crippen molar-refractivity contribution in [3.63, 3.8) is 0 Å². The first kappa shape index (κ1) is 17.6. The number of fused-ring (bicyclic) bond motifs is 1. The van der Waals surface area contributed by atoms with Crippen LogP contribution < -0.4 is 5.32 Å². The standard InChI is InChI=1S/C20H17ClN2O4/c21-15-4-5-17-14(10-15)12-18(27-17)19(24)22-16-3-1-2-13(11-16)20(25)23-6-8-26-9-7-23/h1-5,10-12H,6-9H2,(H,22,24). The lowest BCUT2D eigenvalue weighted by atomic mass is 10.1. The molecule has 1 aliphatic heterocycles. The van der Waals surface area contributed by atoms with Crippen LogP contribution in [0.15, 0.2) is 52.9 Å². The van der Waals surface area contributed by atoms with Crippen LogP contribution in [0.2, 0.25) is 5.02 Å². The first-order chi connectivity index (χ1) is 13.1. The van der Waals surface area contributed by atoms with Crippen molar-refractivity contribution in [2.45, 2.75) is 0 Å². The molecule has 1 fully saturated rings. The summed E-state index contributed by atoms with van der Waals surface area (Å²) in [6, 6.07) is 13.7. The van der Waals surface area contributed by atoms with Crippen molar-refractivity contribution >= 4 is 40.1 Å². The van der Waals surface area contributed by atoms with Gasteiger partial charge in [0.2, 0.25) is 0 Å². The highest BCUT2D eigenvalue weighted by molar-refractivity contribution is 6.31. The molecule has 0 spiro atoms. The first-order valence-corrected chi connectivity index (χ1v) is 8.95. The van der Waals surface area contributed by atoms with Gasteiger partial charge in [0.1, 0.15) is 5.58 Å². The van der Waals surface area contributed by atoms with E-state index < -0.39 is 5.91 Å². The molecular weight excluding hydrogens is 368 g/mol. The first-order valence-electron chi connectivity index (χ1n) is 8.58. The van der Waals surface area contributed by atoms with Crippen molar-refractivity contribution in [2.75, 3.05) is 31.6 Å². The smallest absolute Gasteiger partial charge is 0.291 e. The average molecular weight is 385 g/mol. The summed E-state index contributed by atoms with van der Waals surface area (Å²) in [6.45, 7) is 2.21. The largest absolute Gasteiger partial charge is 0.451 e. The lowest BCUT2D eigenvalue weighted by Crippen LogP contribution is -2.40. The highest BCUT2D eigenvalue weighted by atomic mass is 35.5. The van der Waals surface area contributed by atoms with E-state index in [-0.39, 0.29) is 11.7 Å². The van der Waals surface area contributed by atoms with Gasteiger partial charge in [0.05, 0.1) is 13.2 Å². The van der Waals surface area contributed by atoms with E-state index in [0.29, 0.717) is 48.2 Å². The van der Waals surface area contributed by atoms with E-state index in [9.17, 15) is 9.59 Å². The molecule has 1 N–H and O–H groups in total. The highest BCUT2D eigenvalue weighted by Gasteiger charge is 2.19. The zero-order valence-corrected chi connectivity index (χ0v) is 15.2. The summed E-state index contributed by atoms with van der Waals surface area (Å²) in [5.74, 6) is -0.289. The fourth-order valence-electron chi connectivity index (χ4n) is 3.00. The van der Waals surface area contributed by atoms with Crippen LogP contribution in [-0.2, 0) is 4.74 Å². The van der Waals surface area contributed by atoms with Gasteiger partial charge in [-0.25, -0.2) is 0 Å². The summed E-state index contributed by atoms with van der Waals surface area (Å²) in [6.07, 6.45) is 0. The Balaban J connectivity index is 1.51. The molecule has 0 bridgehead atoms. The normalized spacial score (nSPS) is 14.3. The number of nitrogens with one attached hydrogen (secondary N) is 1. The quantitative estimate of drug-likeness (QED) is 0.745. The summed E-state index contributed by atoms with van der Waals surface area (Å²) in [5, 5.41) is 4.10. The van der Waals surface area contributed by atoms with Gasteiger partial charge in [-0.05, 0) is 42.5 Å². The molecule has 2 heterocycles. The minimum absolute atomic E-state index is 0.0761. The number of hydrogen-bond donors (Lipinski definition) is 1. The van der Waals surface area contributed by atoms with Crippen molar-refractivity contribution in [2.24, 2.45) is 0 Å². The van der Waals surface area contributed by atoms with E-state index in [0.717, 1.165) is 5.39 Å². The summed E-state index contributed by atoms with van der Waals surface area (Å²) in [7, 11) is 0. The molecule has 1 aliphatic rings. The van der Waals surface area contributed by atoms with Crippen molar-refractivity contribution in [1.82, 2.24) is 4.90 Å². The molecule has 1 aromatic heterocycles. The number of anilines is 1. The van der Waals surface area contributed by atoms with Crippen LogP contribution in [0.1, 0.15) is 20.9 Å². The van der Waals surface area contributed by atoms with Crippen molar-refractivity contribution in [3.05, 3.63) is 64.9 Å². The van der Waals surface area contributed by atoms with Gasteiger partial charge in [0.25, 0.3) is 11.8 Å². The van der Waals surface area contributed by atoms with E-state index >= 15 is 0 Å². The Morgan fingerprint density at radius 3 is 2.67 bits per heavy atom. The number of benzene rings is 2. The number of ether oxygens (including phenoxy) is 1. The topological polar surface area (TPSA) is 71.8 Å². The SMILES string of the molecule is O=C(Nc1cccc(C(=O)N2CCOCC2)c1)c1cc2cc(Cl)ccc2o1. The molecule has 7 heteroatoms. The van der Waals surface area contributed by atoms with Crippen LogP contribution in [-0.4, -0.2) is 43.0 Å². The highest BCUT2D eigenvalue weighted by Crippen LogP contribution is 2.24. The molecule has 2 aromatic carbocycles. The summed E-state index contributed by atoms with van der Waals surface area (Å²) >= 11 is 5.96. The number of rotatable bonds is 3. The Morgan fingerprint density at radius 2 is 1.85 bits per heavy atom. The fourth-order valence-corrected chi connectivity index (χ4v) is 3.18. The van der Waals surface area contributed by atoms with E-state index in [2.05, 4.69) is 5.32 Å². The fraction of sp³-hybridized carbons (Fsp3) is 0.200. The van der Waals surface area contributed by atoms with Gasteiger partial charge in [0.15, 0.2) is 5.76 Å². The van der Waals surface area contributed by atoms with Crippen molar-refractivity contribution in [3.8, 4) is 0 Å². The molecule has 0 aliphatic carbocycles. The van der Waals surface area contributed by atoms with Crippen LogP contribution in [0.4, 0.5) is 5.69 Å². The molecular formula is C20H17ClN2O4. The Bertz CT molecular complexity index is 1010. The van der Waals surface area contributed by atoms with Gasteiger partial charge in [-0.15, -0.1) is 0 Å². The van der Waals surface area contributed by atoms with E-state index in [1.165, 1.54) is 0 Å². The molecule has 2 amide bonds. The molecule has 1 saturated heterocycles. The van der Waals surface area contributed by atoms with Crippen molar-refractivity contribution < 1.29 is 18.7 Å². The number of amides is 2. The van der Waals surface area contributed by atoms with Gasteiger partial charge >= 0.3 is 0 Å².